The van der Waals surface area contributed by atoms with Gasteiger partial charge in [0.05, 0.1) is 30.7 Å². The predicted molar refractivity (Wildman–Crippen MR) is 121 cm³/mol. The average molecular weight is 436 g/mol. The van der Waals surface area contributed by atoms with E-state index in [-0.39, 0.29) is 11.9 Å². The molecule has 3 aromatic rings. The summed E-state index contributed by atoms with van der Waals surface area (Å²) in [5.74, 6) is 1.63. The van der Waals surface area contributed by atoms with Crippen LogP contribution in [0.4, 0.5) is 5.82 Å². The van der Waals surface area contributed by atoms with Crippen LogP contribution in [0.15, 0.2) is 30.6 Å². The van der Waals surface area contributed by atoms with Gasteiger partial charge in [0.25, 0.3) is 5.91 Å². The Morgan fingerprint density at radius 2 is 2.03 bits per heavy atom. The van der Waals surface area contributed by atoms with E-state index in [1.54, 1.807) is 19.4 Å². The van der Waals surface area contributed by atoms with Gasteiger partial charge in [0, 0.05) is 18.7 Å². The maximum Gasteiger partial charge on any atom is 0.263 e. The smallest absolute Gasteiger partial charge is 0.263 e. The van der Waals surface area contributed by atoms with Gasteiger partial charge in [-0.2, -0.15) is 0 Å². The van der Waals surface area contributed by atoms with Crippen LogP contribution in [0.3, 0.4) is 0 Å². The van der Waals surface area contributed by atoms with Crippen LogP contribution < -0.4 is 10.1 Å². The molecule has 0 aromatic carbocycles. The molecule has 1 amide bonds. The molecular formula is C23H29N7O2. The van der Waals surface area contributed by atoms with Gasteiger partial charge in [0.15, 0.2) is 0 Å². The monoisotopic (exact) mass is 435 g/mol. The van der Waals surface area contributed by atoms with Crippen molar-refractivity contribution in [2.45, 2.75) is 44.7 Å². The van der Waals surface area contributed by atoms with Crippen LogP contribution in [0.2, 0.25) is 0 Å². The van der Waals surface area contributed by atoms with E-state index in [1.807, 2.05) is 23.0 Å². The van der Waals surface area contributed by atoms with Crippen LogP contribution in [-0.2, 0) is 6.42 Å². The van der Waals surface area contributed by atoms with Crippen LogP contribution in [0.25, 0.3) is 11.4 Å². The highest BCUT2D eigenvalue weighted by Crippen LogP contribution is 2.32. The second kappa shape index (κ2) is 8.38. The summed E-state index contributed by atoms with van der Waals surface area (Å²) < 4.78 is 9.52. The third-order valence-electron chi connectivity index (χ3n) is 6.55. The lowest BCUT2D eigenvalue weighted by atomic mass is 10.1. The zero-order valence-corrected chi connectivity index (χ0v) is 18.8. The minimum absolute atomic E-state index is 0.272. The number of anilines is 1. The Bertz CT molecular complexity index is 1130. The second-order valence-electron chi connectivity index (χ2n) is 8.75. The molecule has 2 aliphatic rings. The molecule has 1 N–H and O–H groups in total. The lowest BCUT2D eigenvalue weighted by Crippen LogP contribution is -2.31. The van der Waals surface area contributed by atoms with Gasteiger partial charge in [-0.3, -0.25) is 9.48 Å². The number of hydrogen-bond acceptors (Lipinski definition) is 6. The number of imidazole rings is 1. The van der Waals surface area contributed by atoms with Crippen molar-refractivity contribution >= 4 is 11.7 Å². The highest BCUT2D eigenvalue weighted by atomic mass is 16.5. The number of amides is 1. The van der Waals surface area contributed by atoms with Crippen LogP contribution >= 0.6 is 0 Å². The summed E-state index contributed by atoms with van der Waals surface area (Å²) in [5.41, 5.74) is 2.19. The molecule has 9 heteroatoms. The van der Waals surface area contributed by atoms with Crippen molar-refractivity contribution in [2.75, 3.05) is 32.6 Å². The molecule has 3 aromatic heterocycles. The fraction of sp³-hybridized carbons (Fsp3) is 0.478. The minimum Gasteiger partial charge on any atom is -0.479 e. The summed E-state index contributed by atoms with van der Waals surface area (Å²) >= 11 is 0. The van der Waals surface area contributed by atoms with Gasteiger partial charge in [-0.1, -0.05) is 6.07 Å². The molecule has 5 heterocycles. The summed E-state index contributed by atoms with van der Waals surface area (Å²) in [4.78, 5) is 24.6. The van der Waals surface area contributed by atoms with Gasteiger partial charge < -0.3 is 19.5 Å². The number of hydrogen-bond donors (Lipinski definition) is 1. The van der Waals surface area contributed by atoms with Crippen LogP contribution in [0, 0.1) is 0 Å². The molecule has 0 saturated carbocycles. The Morgan fingerprint density at radius 3 is 2.81 bits per heavy atom. The fourth-order valence-electron chi connectivity index (χ4n) is 4.69. The molecule has 168 valence electrons. The van der Waals surface area contributed by atoms with E-state index in [2.05, 4.69) is 43.8 Å². The molecule has 0 bridgehead atoms. The standard InChI is InChI=1S/C23H29N7O2/c1-15-7-8-21-24-13-19(30(15)21)18-5-4-6-20(25-18)26-22(31)17-14-29(27-23(17)32-3)16-9-11-28(2)12-10-16/h4-6,13-16H,7-12H2,1-3H3,(H,25,26,31)/t15-/m0/s1. The van der Waals surface area contributed by atoms with Gasteiger partial charge in [0.1, 0.15) is 17.2 Å². The Hall–Kier alpha value is -3.20. The summed E-state index contributed by atoms with van der Waals surface area (Å²) in [7, 11) is 3.66. The average Bonchev–Trinajstić information content (AvgIpc) is 3.51. The molecule has 1 fully saturated rings. The number of ether oxygens (including phenoxy) is 1. The number of aryl methyl sites for hydroxylation is 1. The van der Waals surface area contributed by atoms with Gasteiger partial charge in [-0.25, -0.2) is 9.97 Å². The molecule has 1 atom stereocenters. The second-order valence-corrected chi connectivity index (χ2v) is 8.75. The first-order valence-electron chi connectivity index (χ1n) is 11.2. The highest BCUT2D eigenvalue weighted by Gasteiger charge is 2.25. The quantitative estimate of drug-likeness (QED) is 0.662. The largest absolute Gasteiger partial charge is 0.479 e. The normalized spacial score (nSPS) is 19.2. The zero-order chi connectivity index (χ0) is 22.2. The molecule has 32 heavy (non-hydrogen) atoms. The van der Waals surface area contributed by atoms with Crippen molar-refractivity contribution in [3.63, 3.8) is 0 Å². The van der Waals surface area contributed by atoms with Crippen LogP contribution in [-0.4, -0.2) is 62.4 Å². The number of nitrogens with zero attached hydrogens (tertiary/aromatic N) is 6. The van der Waals surface area contributed by atoms with E-state index in [0.29, 0.717) is 23.3 Å². The van der Waals surface area contributed by atoms with Crippen molar-refractivity contribution in [3.8, 4) is 17.3 Å². The van der Waals surface area contributed by atoms with Crippen molar-refractivity contribution in [1.29, 1.82) is 0 Å². The van der Waals surface area contributed by atoms with Crippen LogP contribution in [0.5, 0.6) is 5.88 Å². The maximum atomic E-state index is 13.1. The number of rotatable bonds is 5. The molecular weight excluding hydrogens is 406 g/mol. The first-order valence-corrected chi connectivity index (χ1v) is 11.2. The zero-order valence-electron chi connectivity index (χ0n) is 18.8. The number of carbonyl (C=O) groups is 1. The Kier molecular flexibility index (Phi) is 5.42. The van der Waals surface area contributed by atoms with Gasteiger partial charge in [0.2, 0.25) is 5.88 Å². The van der Waals surface area contributed by atoms with E-state index >= 15 is 0 Å². The van der Waals surface area contributed by atoms with Crippen molar-refractivity contribution in [1.82, 2.24) is 29.2 Å². The molecule has 1 saturated heterocycles. The van der Waals surface area contributed by atoms with Crippen molar-refractivity contribution < 1.29 is 9.53 Å². The lowest BCUT2D eigenvalue weighted by Gasteiger charge is -2.28. The van der Waals surface area contributed by atoms with E-state index in [0.717, 1.165) is 56.0 Å². The number of likely N-dealkylation sites (tertiary alicyclic amines) is 1. The third-order valence-corrected chi connectivity index (χ3v) is 6.55. The number of nitrogens with one attached hydrogen (secondary N) is 1. The summed E-state index contributed by atoms with van der Waals surface area (Å²) in [6.07, 6.45) is 7.74. The van der Waals surface area contributed by atoms with E-state index in [4.69, 9.17) is 4.74 Å². The Labute approximate surface area is 187 Å². The Balaban J connectivity index is 1.36. The molecule has 9 nitrogen and oxygen atoms in total. The number of pyridine rings is 1. The van der Waals surface area contributed by atoms with Gasteiger partial charge in [-0.15, -0.1) is 5.10 Å². The number of aromatic nitrogens is 5. The molecule has 0 aliphatic carbocycles. The summed E-state index contributed by atoms with van der Waals surface area (Å²) in [6, 6.07) is 6.31. The van der Waals surface area contributed by atoms with E-state index < -0.39 is 0 Å². The number of carbonyl (C=O) groups excluding carboxylic acids is 1. The molecule has 5 rings (SSSR count). The van der Waals surface area contributed by atoms with Crippen molar-refractivity contribution in [2.24, 2.45) is 0 Å². The maximum absolute atomic E-state index is 13.1. The molecule has 0 radical (unpaired) electrons. The molecule has 2 aliphatic heterocycles. The SMILES string of the molecule is COc1nn(C2CCN(C)CC2)cc1C(=O)Nc1cccc(-c2cnc3n2[C@@H](C)CC3)n1. The first-order chi connectivity index (χ1) is 15.5. The van der Waals surface area contributed by atoms with Gasteiger partial charge >= 0.3 is 0 Å². The topological polar surface area (TPSA) is 90.1 Å². The van der Waals surface area contributed by atoms with Gasteiger partial charge in [-0.05, 0) is 58.5 Å². The third kappa shape index (κ3) is 3.77. The first kappa shape index (κ1) is 20.7. The van der Waals surface area contributed by atoms with Crippen molar-refractivity contribution in [3.05, 3.63) is 42.0 Å². The lowest BCUT2D eigenvalue weighted by molar-refractivity contribution is 0.102. The minimum atomic E-state index is -0.280. The van der Waals surface area contributed by atoms with E-state index in [1.165, 1.54) is 0 Å². The Morgan fingerprint density at radius 1 is 1.22 bits per heavy atom. The molecule has 0 spiro atoms. The number of methoxy groups -OCH3 is 1. The summed E-state index contributed by atoms with van der Waals surface area (Å²) in [6.45, 7) is 4.23. The molecule has 0 unspecified atom stereocenters. The summed E-state index contributed by atoms with van der Waals surface area (Å²) in [5, 5.41) is 7.45. The number of piperidine rings is 1. The van der Waals surface area contributed by atoms with Crippen LogP contribution in [0.1, 0.15) is 54.5 Å². The fourth-order valence-corrected chi connectivity index (χ4v) is 4.69. The number of fused-ring (bicyclic) bond motifs is 1. The predicted octanol–water partition coefficient (Wildman–Crippen LogP) is 3.18. The highest BCUT2D eigenvalue weighted by molar-refractivity contribution is 6.05. The van der Waals surface area contributed by atoms with E-state index in [9.17, 15) is 4.79 Å².